The van der Waals surface area contributed by atoms with Crippen molar-refractivity contribution < 1.29 is 45.8 Å². The van der Waals surface area contributed by atoms with Crippen LogP contribution in [0.4, 0.5) is 27.6 Å². The highest BCUT2D eigenvalue weighted by Crippen LogP contribution is 2.41. The van der Waals surface area contributed by atoms with Gasteiger partial charge in [-0.3, -0.25) is 4.79 Å². The number of nitrogens with zero attached hydrogens (tertiary/aromatic N) is 5. The third kappa shape index (κ3) is 7.59. The molecule has 2 heterocycles. The second kappa shape index (κ2) is 14.1. The molecule has 2 aromatic carbocycles. The number of methoxy groups -OCH3 is 2. The van der Waals surface area contributed by atoms with Gasteiger partial charge in [-0.2, -0.15) is 28.2 Å². The van der Waals surface area contributed by atoms with Gasteiger partial charge in [-0.05, 0) is 55.5 Å². The molecule has 2 aromatic heterocycles. The molecule has 0 atom stereocenters. The van der Waals surface area contributed by atoms with E-state index in [0.717, 1.165) is 47.3 Å². The van der Waals surface area contributed by atoms with Crippen LogP contribution < -0.4 is 9.64 Å². The zero-order valence-electron chi connectivity index (χ0n) is 24.9. The number of alkyl halides is 3. The Morgan fingerprint density at radius 2 is 1.68 bits per heavy atom. The standard InChI is InChI=1S/C31H27BrF5N5O5/c1-45-20-6-4-19(5-7-20)42(29(43)21-8-3-18(32)12-24(21)33)26-14-25(34)27(13-22(26)30(44)46-2)47-28-23(31(35,36)37)11-17(15-38-28)16-41-39-9-10-40-41/h3,8-15,19-20H,4-7,16H2,1-2H3. The Hall–Kier alpha value is -4.44. The first-order chi connectivity index (χ1) is 22.4. The summed E-state index contributed by atoms with van der Waals surface area (Å²) >= 11 is 3.15. The van der Waals surface area contributed by atoms with E-state index in [2.05, 4.69) is 31.1 Å². The van der Waals surface area contributed by atoms with Crippen LogP contribution in [0.1, 0.15) is 57.5 Å². The van der Waals surface area contributed by atoms with Gasteiger partial charge in [-0.25, -0.2) is 18.6 Å². The number of pyridine rings is 1. The maximum Gasteiger partial charge on any atom is 0.421 e. The molecule has 0 N–H and O–H groups in total. The van der Waals surface area contributed by atoms with Crippen LogP contribution in [0.15, 0.2) is 59.5 Å². The quantitative estimate of drug-likeness (QED) is 0.135. The Labute approximate surface area is 273 Å². The van der Waals surface area contributed by atoms with E-state index in [-0.39, 0.29) is 29.5 Å². The number of amides is 1. The van der Waals surface area contributed by atoms with Crippen molar-refractivity contribution in [3.8, 4) is 11.6 Å². The number of ether oxygens (including phenoxy) is 3. The normalized spacial score (nSPS) is 16.5. The van der Waals surface area contributed by atoms with Gasteiger partial charge in [0.25, 0.3) is 5.91 Å². The predicted octanol–water partition coefficient (Wildman–Crippen LogP) is 6.96. The lowest BCUT2D eigenvalue weighted by molar-refractivity contribution is -0.139. The van der Waals surface area contributed by atoms with Crippen LogP contribution in [0.25, 0.3) is 0 Å². The molecule has 1 saturated carbocycles. The minimum Gasteiger partial charge on any atom is -0.465 e. The van der Waals surface area contributed by atoms with Crippen LogP contribution in [-0.4, -0.2) is 58.2 Å². The van der Waals surface area contributed by atoms with Crippen molar-refractivity contribution in [1.29, 1.82) is 0 Å². The van der Waals surface area contributed by atoms with E-state index in [1.54, 1.807) is 7.11 Å². The van der Waals surface area contributed by atoms with Crippen LogP contribution in [-0.2, 0) is 22.2 Å². The molecule has 5 rings (SSSR count). The molecule has 1 aliphatic carbocycles. The molecule has 0 aliphatic heterocycles. The number of hydrogen-bond donors (Lipinski definition) is 0. The molecule has 0 radical (unpaired) electrons. The smallest absolute Gasteiger partial charge is 0.421 e. The number of hydrogen-bond acceptors (Lipinski definition) is 8. The molecule has 1 amide bonds. The van der Waals surface area contributed by atoms with Gasteiger partial charge in [0.15, 0.2) is 11.6 Å². The maximum absolute atomic E-state index is 15.8. The minimum atomic E-state index is -4.96. The van der Waals surface area contributed by atoms with Crippen molar-refractivity contribution >= 4 is 33.5 Å². The lowest BCUT2D eigenvalue weighted by Gasteiger charge is -2.37. The summed E-state index contributed by atoms with van der Waals surface area (Å²) in [6.07, 6.45) is 0.501. The van der Waals surface area contributed by atoms with E-state index >= 15 is 8.78 Å². The van der Waals surface area contributed by atoms with Crippen molar-refractivity contribution in [2.75, 3.05) is 19.1 Å². The number of benzene rings is 2. The number of halogens is 6. The number of esters is 1. The zero-order chi connectivity index (χ0) is 33.9. The molecule has 4 aromatic rings. The van der Waals surface area contributed by atoms with Crippen molar-refractivity contribution in [2.45, 2.75) is 50.6 Å². The van der Waals surface area contributed by atoms with E-state index in [4.69, 9.17) is 14.2 Å². The second-order valence-corrected chi connectivity index (χ2v) is 11.5. The van der Waals surface area contributed by atoms with Gasteiger partial charge in [0.2, 0.25) is 5.88 Å². The summed E-state index contributed by atoms with van der Waals surface area (Å²) in [7, 11) is 2.59. The van der Waals surface area contributed by atoms with Crippen LogP contribution >= 0.6 is 15.9 Å². The largest absolute Gasteiger partial charge is 0.465 e. The topological polar surface area (TPSA) is 109 Å². The molecule has 0 spiro atoms. The Morgan fingerprint density at radius 1 is 0.979 bits per heavy atom. The summed E-state index contributed by atoms with van der Waals surface area (Å²) in [5, 5.41) is 7.72. The third-order valence-electron chi connectivity index (χ3n) is 7.65. The van der Waals surface area contributed by atoms with Gasteiger partial charge in [0, 0.05) is 36.0 Å². The number of carbonyl (C=O) groups is 2. The fraction of sp³-hybridized carbons (Fsp3) is 0.323. The average molecular weight is 724 g/mol. The lowest BCUT2D eigenvalue weighted by Crippen LogP contribution is -2.44. The SMILES string of the molecule is COC(=O)c1cc(Oc2ncc(Cn3nccn3)cc2C(F)(F)F)c(F)cc1N(C(=O)c1ccc(Br)cc1F)C1CCC(OC)CC1. The van der Waals surface area contributed by atoms with Crippen LogP contribution in [0.5, 0.6) is 11.6 Å². The van der Waals surface area contributed by atoms with E-state index in [0.29, 0.717) is 30.2 Å². The highest BCUT2D eigenvalue weighted by molar-refractivity contribution is 9.10. The van der Waals surface area contributed by atoms with Gasteiger partial charge >= 0.3 is 12.1 Å². The Balaban J connectivity index is 1.58. The third-order valence-corrected chi connectivity index (χ3v) is 8.14. The van der Waals surface area contributed by atoms with E-state index in [1.807, 2.05) is 0 Å². The summed E-state index contributed by atoms with van der Waals surface area (Å²) in [6, 6.07) is 5.55. The lowest BCUT2D eigenvalue weighted by atomic mass is 9.90. The fourth-order valence-electron chi connectivity index (χ4n) is 5.36. The molecular weight excluding hydrogens is 697 g/mol. The number of carbonyl (C=O) groups excluding carboxylic acids is 2. The van der Waals surface area contributed by atoms with Crippen molar-refractivity contribution in [3.05, 3.63) is 93.3 Å². The van der Waals surface area contributed by atoms with Gasteiger partial charge in [-0.1, -0.05) is 15.9 Å². The Morgan fingerprint density at radius 3 is 2.30 bits per heavy atom. The van der Waals surface area contributed by atoms with E-state index in [9.17, 15) is 22.8 Å². The van der Waals surface area contributed by atoms with Gasteiger partial charge in [0.05, 0.1) is 49.0 Å². The van der Waals surface area contributed by atoms with Crippen LogP contribution in [0, 0.1) is 11.6 Å². The monoisotopic (exact) mass is 723 g/mol. The zero-order valence-corrected chi connectivity index (χ0v) is 26.5. The van der Waals surface area contributed by atoms with Gasteiger partial charge in [-0.15, -0.1) is 0 Å². The van der Waals surface area contributed by atoms with Crippen molar-refractivity contribution in [3.63, 3.8) is 0 Å². The molecule has 0 saturated heterocycles. The summed E-state index contributed by atoms with van der Waals surface area (Å²) in [5.74, 6) is -5.77. The number of anilines is 1. The molecule has 47 heavy (non-hydrogen) atoms. The summed E-state index contributed by atoms with van der Waals surface area (Å²) in [5.41, 5.74) is -2.25. The Bertz CT molecular complexity index is 1760. The molecular formula is C31H27BrF5N5O5. The van der Waals surface area contributed by atoms with Crippen LogP contribution in [0.3, 0.4) is 0 Å². The highest BCUT2D eigenvalue weighted by Gasteiger charge is 2.38. The van der Waals surface area contributed by atoms with E-state index in [1.165, 1.54) is 24.5 Å². The molecule has 0 unspecified atom stereocenters. The first-order valence-electron chi connectivity index (χ1n) is 14.2. The van der Waals surface area contributed by atoms with Crippen LogP contribution in [0.2, 0.25) is 0 Å². The van der Waals surface area contributed by atoms with Gasteiger partial charge in [0.1, 0.15) is 11.4 Å². The fourth-order valence-corrected chi connectivity index (χ4v) is 5.69. The molecule has 1 fully saturated rings. The number of aromatic nitrogens is 4. The molecule has 0 bridgehead atoms. The van der Waals surface area contributed by atoms with Crippen molar-refractivity contribution in [1.82, 2.24) is 20.0 Å². The molecule has 16 heteroatoms. The predicted molar refractivity (Wildman–Crippen MR) is 160 cm³/mol. The summed E-state index contributed by atoms with van der Waals surface area (Å²) in [6.45, 7) is -0.131. The highest BCUT2D eigenvalue weighted by atomic mass is 79.9. The molecule has 248 valence electrons. The molecule has 10 nitrogen and oxygen atoms in total. The number of rotatable bonds is 9. The summed E-state index contributed by atoms with van der Waals surface area (Å²) in [4.78, 5) is 33.1. The first kappa shape index (κ1) is 33.9. The van der Waals surface area contributed by atoms with Gasteiger partial charge < -0.3 is 19.1 Å². The first-order valence-corrected chi connectivity index (χ1v) is 15.0. The average Bonchev–Trinajstić information content (AvgIpc) is 3.55. The summed E-state index contributed by atoms with van der Waals surface area (Å²) < 4.78 is 89.2. The maximum atomic E-state index is 15.8. The van der Waals surface area contributed by atoms with E-state index < -0.39 is 58.5 Å². The Kier molecular flexibility index (Phi) is 10.2. The second-order valence-electron chi connectivity index (χ2n) is 10.6. The molecule has 1 aliphatic rings. The minimum absolute atomic E-state index is 0.0875. The van der Waals surface area contributed by atoms with Crippen molar-refractivity contribution in [2.24, 2.45) is 0 Å².